The molecule has 4 aliphatic heterocycles. The van der Waals surface area contributed by atoms with Crippen molar-refractivity contribution >= 4 is 81.2 Å². The molecule has 0 aliphatic carbocycles. The smallest absolute Gasteiger partial charge is 0.352 e. The number of carbonyl (C=O) groups is 4. The molecule has 5 N–H and O–H groups in total. The molecule has 0 unspecified atom stereocenters. The van der Waals surface area contributed by atoms with E-state index in [-0.39, 0.29) is 44.8 Å². The Labute approximate surface area is 270 Å². The zero-order valence-corrected chi connectivity index (χ0v) is 26.8. The monoisotopic (exact) mass is 695 g/mol. The summed E-state index contributed by atoms with van der Waals surface area (Å²) in [6, 6.07) is -0.995. The summed E-state index contributed by atoms with van der Waals surface area (Å²) in [4.78, 5) is 86.8. The van der Waals surface area contributed by atoms with Gasteiger partial charge in [-0.2, -0.15) is 4.98 Å². The molecule has 17 nitrogen and oxygen atoms in total. The third-order valence-corrected chi connectivity index (χ3v) is 10.9. The molecule has 3 atom stereocenters. The second-order valence-electron chi connectivity index (χ2n) is 9.48. The van der Waals surface area contributed by atoms with Gasteiger partial charge in [0, 0.05) is 35.9 Å². The molecular formula is C24H25N9O8S4. The van der Waals surface area contributed by atoms with Crippen LogP contribution in [0.25, 0.3) is 0 Å². The normalized spacial score (nSPS) is 22.0. The highest BCUT2D eigenvalue weighted by Gasteiger charge is 2.54. The number of hydrogen-bond donors (Lipinski definition) is 4. The highest BCUT2D eigenvalue weighted by molar-refractivity contribution is 8.01. The first-order valence-corrected chi connectivity index (χ1v) is 16.9. The van der Waals surface area contributed by atoms with Gasteiger partial charge in [0.25, 0.3) is 11.8 Å². The molecule has 0 spiro atoms. The highest BCUT2D eigenvalue weighted by Crippen LogP contribution is 2.41. The van der Waals surface area contributed by atoms with E-state index in [9.17, 15) is 33.9 Å². The van der Waals surface area contributed by atoms with Crippen molar-refractivity contribution in [2.45, 2.75) is 28.4 Å². The van der Waals surface area contributed by atoms with Gasteiger partial charge in [-0.3, -0.25) is 38.7 Å². The quantitative estimate of drug-likeness (QED) is 0.0870. The van der Waals surface area contributed by atoms with E-state index in [1.165, 1.54) is 36.0 Å². The number of carboxylic acid groups (broad SMARTS) is 1. The first kappa shape index (κ1) is 32.3. The maximum atomic E-state index is 12.9. The average Bonchev–Trinajstić information content (AvgIpc) is 3.44. The van der Waals surface area contributed by atoms with Gasteiger partial charge in [0.15, 0.2) is 16.0 Å². The largest absolute Gasteiger partial charge is 0.477 e. The Morgan fingerprint density at radius 2 is 2.04 bits per heavy atom. The first-order valence-electron chi connectivity index (χ1n) is 12.9. The summed E-state index contributed by atoms with van der Waals surface area (Å²) in [6.45, 7) is 0. The van der Waals surface area contributed by atoms with E-state index in [0.717, 1.165) is 40.2 Å². The number of aryl methyl sites for hydroxylation is 1. The van der Waals surface area contributed by atoms with Crippen molar-refractivity contribution in [2.24, 2.45) is 12.2 Å². The molecular weight excluding hydrogens is 671 g/mol. The van der Waals surface area contributed by atoms with Crippen LogP contribution >= 0.6 is 46.6 Å². The fourth-order valence-electron chi connectivity index (χ4n) is 4.48. The number of anilines is 1. The van der Waals surface area contributed by atoms with Crippen LogP contribution in [-0.4, -0.2) is 105 Å². The van der Waals surface area contributed by atoms with Crippen LogP contribution in [0.15, 0.2) is 48.8 Å². The van der Waals surface area contributed by atoms with Crippen LogP contribution in [0.3, 0.4) is 0 Å². The Balaban J connectivity index is 0.000000377. The minimum absolute atomic E-state index is 0.102. The van der Waals surface area contributed by atoms with E-state index >= 15 is 0 Å². The molecule has 0 aromatic carbocycles. The third-order valence-electron chi connectivity index (χ3n) is 6.62. The number of carboxylic acids is 1. The van der Waals surface area contributed by atoms with E-state index < -0.39 is 40.3 Å². The van der Waals surface area contributed by atoms with Crippen LogP contribution < -0.4 is 22.2 Å². The van der Waals surface area contributed by atoms with Crippen molar-refractivity contribution in [3.8, 4) is 0 Å². The van der Waals surface area contributed by atoms with Crippen molar-refractivity contribution in [3.05, 3.63) is 55.3 Å². The molecule has 4 aliphatic rings. The minimum Gasteiger partial charge on any atom is -0.477 e. The Morgan fingerprint density at radius 1 is 1.27 bits per heavy atom. The van der Waals surface area contributed by atoms with Gasteiger partial charge in [0.05, 0.1) is 11.8 Å². The maximum Gasteiger partial charge on any atom is 0.352 e. The van der Waals surface area contributed by atoms with Crippen LogP contribution in [0.2, 0.25) is 0 Å². The molecule has 2 saturated heterocycles. The zero-order chi connectivity index (χ0) is 32.4. The summed E-state index contributed by atoms with van der Waals surface area (Å²) < 4.78 is 1.25. The lowest BCUT2D eigenvalue weighted by atomic mass is 10.0. The Kier molecular flexibility index (Phi) is 9.70. The molecule has 21 heteroatoms. The van der Waals surface area contributed by atoms with Crippen LogP contribution in [-0.2, 0) is 31.1 Å². The van der Waals surface area contributed by atoms with Gasteiger partial charge in [-0.05, 0) is 5.57 Å². The summed E-state index contributed by atoms with van der Waals surface area (Å²) in [5, 5.41) is 20.1. The number of hydrogen-bond acceptors (Lipinski definition) is 15. The number of thioether (sulfide) groups is 3. The van der Waals surface area contributed by atoms with Gasteiger partial charge in [-0.15, -0.1) is 34.9 Å². The summed E-state index contributed by atoms with van der Waals surface area (Å²) in [5.41, 5.74) is 4.00. The standard InChI is InChI=1S/C18H18N8O7S3.C6H7NOS/c1-25-18(22-12(28)13(29)23-25)36-4-6-3-34-15-9(14(30)26(15)10(6)16(31)32)21-11(27)8(24-33-2)7-5-35-17(19)20-7;8-5-4-6-7(5)2-1-3-9-6/h5,9,15H,3-4H2,1-2H3,(H2,19,20)(H,21,27)(H,23,29)(H,31,32);1-2,6H,3-4H2/b24-8-;/t9-,15-;6-/m11/s1. The van der Waals surface area contributed by atoms with Gasteiger partial charge in [0.2, 0.25) is 5.91 Å². The van der Waals surface area contributed by atoms with Crippen molar-refractivity contribution in [2.75, 3.05) is 30.1 Å². The molecule has 2 aromatic rings. The molecule has 2 aromatic heterocycles. The number of nitrogen functional groups attached to an aromatic ring is 1. The predicted octanol–water partition coefficient (Wildman–Crippen LogP) is -0.806. The van der Waals surface area contributed by atoms with E-state index in [4.69, 9.17) is 10.6 Å². The number of β-lactam (4-membered cyclic amide) rings is 2. The zero-order valence-electron chi connectivity index (χ0n) is 23.5. The van der Waals surface area contributed by atoms with Gasteiger partial charge in [-0.25, -0.2) is 9.78 Å². The van der Waals surface area contributed by atoms with Gasteiger partial charge in [-0.1, -0.05) is 23.0 Å². The van der Waals surface area contributed by atoms with E-state index in [1.807, 2.05) is 24.0 Å². The van der Waals surface area contributed by atoms with Crippen LogP contribution in [0, 0.1) is 0 Å². The number of carbonyl (C=O) groups excluding carboxylic acids is 3. The minimum atomic E-state index is -1.31. The average molecular weight is 696 g/mol. The lowest BCUT2D eigenvalue weighted by molar-refractivity contribution is -0.150. The van der Waals surface area contributed by atoms with Crippen LogP contribution in [0.4, 0.5) is 5.13 Å². The van der Waals surface area contributed by atoms with Gasteiger partial charge in [0.1, 0.15) is 29.9 Å². The van der Waals surface area contributed by atoms with E-state index in [1.54, 1.807) is 4.90 Å². The molecule has 45 heavy (non-hydrogen) atoms. The van der Waals surface area contributed by atoms with Crippen LogP contribution in [0.1, 0.15) is 12.1 Å². The highest BCUT2D eigenvalue weighted by atomic mass is 32.2. The molecule has 6 rings (SSSR count). The number of oxime groups is 1. The van der Waals surface area contributed by atoms with Crippen molar-refractivity contribution in [1.29, 1.82) is 0 Å². The number of amides is 3. The second-order valence-corrected chi connectivity index (χ2v) is 13.6. The Hall–Kier alpha value is -4.08. The fraction of sp³-hybridized carbons (Fsp3) is 0.375. The summed E-state index contributed by atoms with van der Waals surface area (Å²) in [7, 11) is 2.74. The summed E-state index contributed by atoms with van der Waals surface area (Å²) in [5.74, 6) is -0.967. The Morgan fingerprint density at radius 3 is 2.67 bits per heavy atom. The summed E-state index contributed by atoms with van der Waals surface area (Å²) in [6.07, 6.45) is 4.67. The van der Waals surface area contributed by atoms with E-state index in [0.29, 0.717) is 10.9 Å². The topological polar surface area (TPSA) is 235 Å². The van der Waals surface area contributed by atoms with Gasteiger partial charge >= 0.3 is 17.1 Å². The molecule has 0 bridgehead atoms. The predicted molar refractivity (Wildman–Crippen MR) is 167 cm³/mol. The van der Waals surface area contributed by atoms with Crippen molar-refractivity contribution in [1.82, 2.24) is 34.9 Å². The number of aliphatic carboxylic acids is 1. The summed E-state index contributed by atoms with van der Waals surface area (Å²) >= 11 is 5.24. The molecule has 2 fully saturated rings. The molecule has 3 amide bonds. The molecule has 238 valence electrons. The number of nitrogens with one attached hydrogen (secondary N) is 2. The van der Waals surface area contributed by atoms with Gasteiger partial charge < -0.3 is 25.9 Å². The number of aromatic nitrogens is 4. The van der Waals surface area contributed by atoms with Crippen molar-refractivity contribution < 1.29 is 29.1 Å². The number of fused-ring (bicyclic) bond motifs is 2. The number of nitrogens with zero attached hydrogens (tertiary/aromatic N) is 6. The molecule has 6 heterocycles. The lowest BCUT2D eigenvalue weighted by Crippen LogP contribution is -2.71. The number of H-pyrrole nitrogens is 1. The number of aromatic amines is 1. The van der Waals surface area contributed by atoms with E-state index in [2.05, 4.69) is 25.5 Å². The van der Waals surface area contributed by atoms with Crippen molar-refractivity contribution in [3.63, 3.8) is 0 Å². The fourth-order valence-corrected chi connectivity index (χ4v) is 8.46. The Bertz CT molecular complexity index is 1770. The number of nitrogens with two attached hydrogens (primary N) is 1. The molecule has 0 radical (unpaired) electrons. The SMILES string of the molecule is CO/N=C(\C(=O)N[C@@H]1C(=O)N2C(C(=O)O)=C(CSc3nc(=O)c(=O)[nH]n3C)CS[C@H]12)c1csc(N)n1.O=C1C[C@H]2SCC=CN12. The van der Waals surface area contributed by atoms with Crippen LogP contribution in [0.5, 0.6) is 0 Å². The maximum absolute atomic E-state index is 12.9. The number of rotatable bonds is 8. The molecule has 0 saturated carbocycles. The second kappa shape index (κ2) is 13.5. The number of thiazole rings is 1. The third kappa shape index (κ3) is 6.65. The first-order chi connectivity index (χ1) is 21.5. The lowest BCUT2D eigenvalue weighted by Gasteiger charge is -2.49.